The minimum atomic E-state index is -0.192. The molecule has 1 aromatic rings. The molecule has 102 valence electrons. The Hall–Kier alpha value is -1.36. The summed E-state index contributed by atoms with van der Waals surface area (Å²) in [6.07, 6.45) is 1.00. The highest BCUT2D eigenvalue weighted by Crippen LogP contribution is 2.18. The van der Waals surface area contributed by atoms with Gasteiger partial charge in [-0.2, -0.15) is 4.98 Å². The lowest BCUT2D eigenvalue weighted by Gasteiger charge is -2.28. The second-order valence-corrected chi connectivity index (χ2v) is 5.08. The summed E-state index contributed by atoms with van der Waals surface area (Å²) in [5.41, 5.74) is 6.46. The van der Waals surface area contributed by atoms with Gasteiger partial charge in [0.15, 0.2) is 0 Å². The van der Waals surface area contributed by atoms with Crippen LogP contribution in [0.3, 0.4) is 0 Å². The van der Waals surface area contributed by atoms with Gasteiger partial charge < -0.3 is 15.8 Å². The smallest absolute Gasteiger partial charge is 0.226 e. The molecular formula is C13H24N4O. The van der Waals surface area contributed by atoms with Crippen LogP contribution >= 0.6 is 0 Å². The van der Waals surface area contributed by atoms with Crippen LogP contribution in [0.2, 0.25) is 0 Å². The van der Waals surface area contributed by atoms with Crippen LogP contribution in [0.1, 0.15) is 39.8 Å². The number of hydrogen-bond donors (Lipinski definition) is 2. The van der Waals surface area contributed by atoms with Gasteiger partial charge in [-0.1, -0.05) is 6.92 Å². The summed E-state index contributed by atoms with van der Waals surface area (Å²) < 4.78 is 5.60. The standard InChI is InChI=1S/C13H24N4O/c1-6-13(5,8-14)17-12-15-10(4)7-11(16-12)18-9(2)3/h7,9H,6,8,14H2,1-5H3,(H,15,16,17). The predicted molar refractivity (Wildman–Crippen MR) is 73.9 cm³/mol. The topological polar surface area (TPSA) is 73.1 Å². The van der Waals surface area contributed by atoms with E-state index in [1.807, 2.05) is 26.8 Å². The molecular weight excluding hydrogens is 228 g/mol. The molecule has 1 heterocycles. The van der Waals surface area contributed by atoms with Crippen molar-refractivity contribution in [3.63, 3.8) is 0 Å². The number of aryl methyl sites for hydroxylation is 1. The number of hydrogen-bond acceptors (Lipinski definition) is 5. The summed E-state index contributed by atoms with van der Waals surface area (Å²) in [4.78, 5) is 8.72. The maximum absolute atomic E-state index is 5.77. The zero-order chi connectivity index (χ0) is 13.8. The minimum Gasteiger partial charge on any atom is -0.475 e. The van der Waals surface area contributed by atoms with Gasteiger partial charge in [0.1, 0.15) is 0 Å². The van der Waals surface area contributed by atoms with Gasteiger partial charge in [0, 0.05) is 23.8 Å². The van der Waals surface area contributed by atoms with Gasteiger partial charge in [0.2, 0.25) is 11.8 Å². The molecule has 0 bridgehead atoms. The van der Waals surface area contributed by atoms with Crippen molar-refractivity contribution in [1.29, 1.82) is 0 Å². The Labute approximate surface area is 109 Å². The van der Waals surface area contributed by atoms with E-state index in [0.29, 0.717) is 18.4 Å². The van der Waals surface area contributed by atoms with Crippen LogP contribution in [0.4, 0.5) is 5.95 Å². The van der Waals surface area contributed by atoms with Gasteiger partial charge in [0.25, 0.3) is 0 Å². The highest BCUT2D eigenvalue weighted by Gasteiger charge is 2.21. The molecule has 1 aromatic heterocycles. The van der Waals surface area contributed by atoms with E-state index < -0.39 is 0 Å². The zero-order valence-electron chi connectivity index (χ0n) is 11.9. The third-order valence-electron chi connectivity index (χ3n) is 2.83. The number of nitrogens with zero attached hydrogens (tertiary/aromatic N) is 2. The summed E-state index contributed by atoms with van der Waals surface area (Å²) in [6.45, 7) is 10.5. The Morgan fingerprint density at radius 1 is 1.44 bits per heavy atom. The lowest BCUT2D eigenvalue weighted by Crippen LogP contribution is -2.42. The third-order valence-corrected chi connectivity index (χ3v) is 2.83. The van der Waals surface area contributed by atoms with Gasteiger partial charge >= 0.3 is 0 Å². The molecule has 0 saturated carbocycles. The molecule has 1 atom stereocenters. The van der Waals surface area contributed by atoms with Crippen LogP contribution in [0.5, 0.6) is 5.88 Å². The number of nitrogens with one attached hydrogen (secondary N) is 1. The molecule has 0 radical (unpaired) electrons. The van der Waals surface area contributed by atoms with Crippen LogP contribution in [0, 0.1) is 6.92 Å². The average molecular weight is 252 g/mol. The summed E-state index contributed by atoms with van der Waals surface area (Å²) in [5, 5.41) is 3.28. The first-order valence-electron chi connectivity index (χ1n) is 6.39. The Morgan fingerprint density at radius 3 is 2.61 bits per heavy atom. The molecule has 0 amide bonds. The third kappa shape index (κ3) is 4.14. The fraction of sp³-hybridized carbons (Fsp3) is 0.692. The number of nitrogens with two attached hydrogens (primary N) is 1. The van der Waals surface area contributed by atoms with Gasteiger partial charge in [-0.05, 0) is 34.1 Å². The maximum Gasteiger partial charge on any atom is 0.226 e. The van der Waals surface area contributed by atoms with Crippen LogP contribution < -0.4 is 15.8 Å². The largest absolute Gasteiger partial charge is 0.475 e. The van der Waals surface area contributed by atoms with Crippen molar-refractivity contribution in [2.24, 2.45) is 5.73 Å². The van der Waals surface area contributed by atoms with Crippen molar-refractivity contribution in [2.45, 2.75) is 52.7 Å². The molecule has 3 N–H and O–H groups in total. The van der Waals surface area contributed by atoms with E-state index in [-0.39, 0.29) is 11.6 Å². The van der Waals surface area contributed by atoms with Crippen molar-refractivity contribution >= 4 is 5.95 Å². The van der Waals surface area contributed by atoms with Gasteiger partial charge in [-0.15, -0.1) is 0 Å². The van der Waals surface area contributed by atoms with E-state index in [0.717, 1.165) is 12.1 Å². The van der Waals surface area contributed by atoms with Crippen LogP contribution in [-0.4, -0.2) is 28.2 Å². The molecule has 0 aliphatic heterocycles. The number of anilines is 1. The van der Waals surface area contributed by atoms with Gasteiger partial charge in [-0.3, -0.25) is 0 Å². The first-order valence-corrected chi connectivity index (χ1v) is 6.39. The van der Waals surface area contributed by atoms with E-state index in [9.17, 15) is 0 Å². The molecule has 0 spiro atoms. The second kappa shape index (κ2) is 6.00. The summed E-state index contributed by atoms with van der Waals surface area (Å²) >= 11 is 0. The summed E-state index contributed by atoms with van der Waals surface area (Å²) in [5.74, 6) is 1.16. The maximum atomic E-state index is 5.77. The van der Waals surface area contributed by atoms with Gasteiger partial charge in [0.05, 0.1) is 6.10 Å². The van der Waals surface area contributed by atoms with Crippen LogP contribution in [0.25, 0.3) is 0 Å². The lowest BCUT2D eigenvalue weighted by molar-refractivity contribution is 0.232. The zero-order valence-corrected chi connectivity index (χ0v) is 11.9. The summed E-state index contributed by atoms with van der Waals surface area (Å²) in [7, 11) is 0. The van der Waals surface area contributed by atoms with E-state index in [1.54, 1.807) is 0 Å². The first-order chi connectivity index (χ1) is 8.38. The molecule has 0 fully saturated rings. The highest BCUT2D eigenvalue weighted by molar-refractivity contribution is 5.33. The Morgan fingerprint density at radius 2 is 2.11 bits per heavy atom. The molecule has 18 heavy (non-hydrogen) atoms. The second-order valence-electron chi connectivity index (χ2n) is 5.08. The number of rotatable bonds is 6. The molecule has 5 nitrogen and oxygen atoms in total. The molecule has 0 aromatic carbocycles. The summed E-state index contributed by atoms with van der Waals surface area (Å²) in [6, 6.07) is 1.83. The molecule has 5 heteroatoms. The van der Waals surface area contributed by atoms with E-state index in [4.69, 9.17) is 10.5 Å². The fourth-order valence-electron chi connectivity index (χ4n) is 1.45. The fourth-order valence-corrected chi connectivity index (χ4v) is 1.45. The van der Waals surface area contributed by atoms with Crippen LogP contribution in [-0.2, 0) is 0 Å². The first kappa shape index (κ1) is 14.7. The molecule has 0 saturated heterocycles. The number of ether oxygens (including phenoxy) is 1. The van der Waals surface area contributed by atoms with E-state index in [2.05, 4.69) is 29.1 Å². The van der Waals surface area contributed by atoms with Crippen molar-refractivity contribution < 1.29 is 4.74 Å². The lowest BCUT2D eigenvalue weighted by atomic mass is 10.00. The predicted octanol–water partition coefficient (Wildman–Crippen LogP) is 2.11. The normalized spacial score (nSPS) is 14.4. The molecule has 1 unspecified atom stereocenters. The van der Waals surface area contributed by atoms with Crippen molar-refractivity contribution in [2.75, 3.05) is 11.9 Å². The van der Waals surface area contributed by atoms with Crippen LogP contribution in [0.15, 0.2) is 6.07 Å². The Balaban J connectivity index is 2.92. The quantitative estimate of drug-likeness (QED) is 0.811. The number of aromatic nitrogens is 2. The molecule has 0 aliphatic rings. The molecule has 0 aliphatic carbocycles. The van der Waals surface area contributed by atoms with Gasteiger partial charge in [-0.25, -0.2) is 4.98 Å². The highest BCUT2D eigenvalue weighted by atomic mass is 16.5. The van der Waals surface area contributed by atoms with E-state index >= 15 is 0 Å². The minimum absolute atomic E-state index is 0.0965. The molecule has 1 rings (SSSR count). The van der Waals surface area contributed by atoms with Crippen molar-refractivity contribution in [1.82, 2.24) is 9.97 Å². The Bertz CT molecular complexity index is 389. The monoisotopic (exact) mass is 252 g/mol. The Kier molecular flexibility index (Phi) is 4.90. The SMILES string of the molecule is CCC(C)(CN)Nc1nc(C)cc(OC(C)C)n1. The van der Waals surface area contributed by atoms with E-state index in [1.165, 1.54) is 0 Å². The van der Waals surface area contributed by atoms with Crippen molar-refractivity contribution in [3.05, 3.63) is 11.8 Å². The average Bonchev–Trinajstić information content (AvgIpc) is 2.27. The van der Waals surface area contributed by atoms with Crippen molar-refractivity contribution in [3.8, 4) is 5.88 Å².